The smallest absolute Gasteiger partial charge is 0.191 e. The molecule has 0 amide bonds. The topological polar surface area (TPSA) is 36.4 Å². The number of hydrogen-bond donors (Lipinski definition) is 2. The first kappa shape index (κ1) is 10.0. The van der Waals surface area contributed by atoms with Crippen LogP contribution in [0.15, 0.2) is 17.1 Å². The number of hydrogen-bond acceptors (Lipinski definition) is 1. The van der Waals surface area contributed by atoms with Gasteiger partial charge in [-0.25, -0.2) is 0 Å². The van der Waals surface area contributed by atoms with Crippen molar-refractivity contribution in [1.29, 1.82) is 0 Å². The van der Waals surface area contributed by atoms with E-state index in [2.05, 4.69) is 22.2 Å². The lowest BCUT2D eigenvalue weighted by atomic mass is 10.3. The molecule has 0 aromatic carbocycles. The summed E-state index contributed by atoms with van der Waals surface area (Å²) in [7, 11) is 1.75. The first-order chi connectivity index (χ1) is 5.20. The second-order valence-corrected chi connectivity index (χ2v) is 2.41. The Morgan fingerprint density at radius 3 is 2.45 bits per heavy atom. The van der Waals surface area contributed by atoms with Crippen molar-refractivity contribution in [3.8, 4) is 0 Å². The lowest BCUT2D eigenvalue weighted by Gasteiger charge is -2.09. The Hall–Kier alpha value is -0.990. The molecular formula is C8H17N3. The highest BCUT2D eigenvalue weighted by Crippen LogP contribution is 1.80. The van der Waals surface area contributed by atoms with Gasteiger partial charge in [0.25, 0.3) is 0 Å². The third-order valence-corrected chi connectivity index (χ3v) is 1.13. The van der Waals surface area contributed by atoms with E-state index in [1.54, 1.807) is 7.05 Å². The van der Waals surface area contributed by atoms with Crippen molar-refractivity contribution in [2.45, 2.75) is 13.8 Å². The molecule has 2 N–H and O–H groups in total. The number of guanidine groups is 1. The fraction of sp³-hybridized carbons (Fsp3) is 0.625. The highest BCUT2D eigenvalue weighted by atomic mass is 15.2. The van der Waals surface area contributed by atoms with Crippen molar-refractivity contribution >= 4 is 5.96 Å². The van der Waals surface area contributed by atoms with Crippen LogP contribution < -0.4 is 10.6 Å². The van der Waals surface area contributed by atoms with Crippen LogP contribution in [-0.2, 0) is 0 Å². The van der Waals surface area contributed by atoms with Crippen LogP contribution in [0.4, 0.5) is 0 Å². The molecule has 0 saturated heterocycles. The molecule has 3 nitrogen and oxygen atoms in total. The van der Waals surface area contributed by atoms with E-state index in [9.17, 15) is 0 Å². The average molecular weight is 155 g/mol. The van der Waals surface area contributed by atoms with E-state index in [1.807, 2.05) is 13.8 Å². The van der Waals surface area contributed by atoms with Gasteiger partial charge in [0, 0.05) is 20.1 Å². The van der Waals surface area contributed by atoms with Crippen molar-refractivity contribution in [2.75, 3.05) is 20.1 Å². The van der Waals surface area contributed by atoms with Gasteiger partial charge >= 0.3 is 0 Å². The summed E-state index contributed by atoms with van der Waals surface area (Å²) in [4.78, 5) is 4.00. The zero-order valence-corrected chi connectivity index (χ0v) is 7.57. The molecule has 0 heterocycles. The first-order valence-electron chi connectivity index (χ1n) is 3.79. The lowest BCUT2D eigenvalue weighted by molar-refractivity contribution is 0.865. The van der Waals surface area contributed by atoms with Crippen LogP contribution in [0.1, 0.15) is 13.8 Å². The molecule has 0 spiro atoms. The maximum Gasteiger partial charge on any atom is 0.191 e. The molecule has 0 aliphatic carbocycles. The predicted molar refractivity (Wildman–Crippen MR) is 49.9 cm³/mol. The Kier molecular flexibility index (Phi) is 5.25. The van der Waals surface area contributed by atoms with E-state index in [4.69, 9.17) is 0 Å². The quantitative estimate of drug-likeness (QED) is 0.358. The van der Waals surface area contributed by atoms with E-state index < -0.39 is 0 Å². The van der Waals surface area contributed by atoms with Gasteiger partial charge in [-0.15, -0.1) is 0 Å². The summed E-state index contributed by atoms with van der Waals surface area (Å²) in [5, 5.41) is 6.19. The van der Waals surface area contributed by atoms with Gasteiger partial charge in [-0.2, -0.15) is 0 Å². The van der Waals surface area contributed by atoms with Gasteiger partial charge in [0.1, 0.15) is 0 Å². The number of nitrogens with zero attached hydrogens (tertiary/aromatic N) is 1. The summed E-state index contributed by atoms with van der Waals surface area (Å²) >= 11 is 0. The van der Waals surface area contributed by atoms with Crippen LogP contribution in [0.2, 0.25) is 0 Å². The molecule has 0 radical (unpaired) electrons. The Balaban J connectivity index is 3.62. The van der Waals surface area contributed by atoms with E-state index in [0.29, 0.717) is 0 Å². The minimum absolute atomic E-state index is 0.777. The maximum atomic E-state index is 4.00. The van der Waals surface area contributed by atoms with Gasteiger partial charge in [-0.1, -0.05) is 12.2 Å². The summed E-state index contributed by atoms with van der Waals surface area (Å²) in [5.74, 6) is 0.829. The van der Waals surface area contributed by atoms with E-state index in [0.717, 1.165) is 24.6 Å². The number of aliphatic imine (C=N–C) groups is 1. The third-order valence-electron chi connectivity index (χ3n) is 1.13. The van der Waals surface area contributed by atoms with Crippen LogP contribution in [0.25, 0.3) is 0 Å². The highest BCUT2D eigenvalue weighted by molar-refractivity contribution is 5.79. The number of rotatable bonds is 3. The van der Waals surface area contributed by atoms with Crippen molar-refractivity contribution < 1.29 is 0 Å². The minimum atomic E-state index is 0.777. The molecule has 0 aliphatic rings. The van der Waals surface area contributed by atoms with Crippen LogP contribution in [0.3, 0.4) is 0 Å². The summed E-state index contributed by atoms with van der Waals surface area (Å²) in [5.41, 5.74) is 1.10. The van der Waals surface area contributed by atoms with Crippen LogP contribution in [-0.4, -0.2) is 26.1 Å². The zero-order valence-electron chi connectivity index (χ0n) is 7.57. The molecule has 0 aromatic rings. The van der Waals surface area contributed by atoms with Crippen molar-refractivity contribution in [3.05, 3.63) is 12.2 Å². The van der Waals surface area contributed by atoms with Crippen molar-refractivity contribution in [1.82, 2.24) is 10.6 Å². The second kappa shape index (κ2) is 5.77. The molecule has 0 aliphatic heterocycles. The lowest BCUT2D eigenvalue weighted by Crippen LogP contribution is -2.37. The largest absolute Gasteiger partial charge is 0.357 e. The Morgan fingerprint density at radius 2 is 2.09 bits per heavy atom. The first-order valence-corrected chi connectivity index (χ1v) is 3.79. The van der Waals surface area contributed by atoms with Gasteiger partial charge in [-0.3, -0.25) is 4.99 Å². The third kappa shape index (κ3) is 5.45. The summed E-state index contributed by atoms with van der Waals surface area (Å²) in [6.07, 6.45) is 0. The SMILES string of the molecule is C=C(C)CNC(=NC)NCC. The minimum Gasteiger partial charge on any atom is -0.357 e. The standard InChI is InChI=1S/C8H17N3/c1-5-10-8(9-4)11-6-7(2)3/h2,5-6H2,1,3-4H3,(H2,9,10,11). The average Bonchev–Trinajstić information content (AvgIpc) is 1.97. The molecule has 0 unspecified atom stereocenters. The fourth-order valence-electron chi connectivity index (χ4n) is 0.623. The van der Waals surface area contributed by atoms with Crippen molar-refractivity contribution in [2.24, 2.45) is 4.99 Å². The molecule has 64 valence electrons. The molecule has 0 atom stereocenters. The van der Waals surface area contributed by atoms with Gasteiger partial charge in [0.15, 0.2) is 5.96 Å². The van der Waals surface area contributed by atoms with Gasteiger partial charge < -0.3 is 10.6 Å². The Labute approximate surface area is 68.6 Å². The zero-order chi connectivity index (χ0) is 8.69. The van der Waals surface area contributed by atoms with Crippen LogP contribution in [0.5, 0.6) is 0 Å². The summed E-state index contributed by atoms with van der Waals surface area (Å²) in [6, 6.07) is 0. The van der Waals surface area contributed by atoms with Crippen molar-refractivity contribution in [3.63, 3.8) is 0 Å². The summed E-state index contributed by atoms with van der Waals surface area (Å²) in [6.45, 7) is 9.45. The summed E-state index contributed by atoms with van der Waals surface area (Å²) < 4.78 is 0. The maximum absolute atomic E-state index is 4.00. The fourth-order valence-corrected chi connectivity index (χ4v) is 0.623. The molecular weight excluding hydrogens is 138 g/mol. The van der Waals surface area contributed by atoms with E-state index >= 15 is 0 Å². The molecule has 3 heteroatoms. The monoisotopic (exact) mass is 155 g/mol. The van der Waals surface area contributed by atoms with E-state index in [1.165, 1.54) is 0 Å². The van der Waals surface area contributed by atoms with Crippen LogP contribution in [0, 0.1) is 0 Å². The Bertz CT molecular complexity index is 149. The molecule has 0 saturated carbocycles. The van der Waals surface area contributed by atoms with Crippen LogP contribution >= 0.6 is 0 Å². The molecule has 0 rings (SSSR count). The van der Waals surface area contributed by atoms with Gasteiger partial charge in [-0.05, 0) is 13.8 Å². The molecule has 11 heavy (non-hydrogen) atoms. The predicted octanol–water partition coefficient (Wildman–Crippen LogP) is 0.747. The van der Waals surface area contributed by atoms with Gasteiger partial charge in [0.2, 0.25) is 0 Å². The highest BCUT2D eigenvalue weighted by Gasteiger charge is 1.92. The van der Waals surface area contributed by atoms with E-state index in [-0.39, 0.29) is 0 Å². The second-order valence-electron chi connectivity index (χ2n) is 2.41. The normalized spacial score (nSPS) is 11.0. The Morgan fingerprint density at radius 1 is 1.45 bits per heavy atom. The number of nitrogens with one attached hydrogen (secondary N) is 2. The van der Waals surface area contributed by atoms with Gasteiger partial charge in [0.05, 0.1) is 0 Å². The molecule has 0 fully saturated rings. The molecule has 0 bridgehead atoms. The molecule has 0 aromatic heterocycles.